The molecule has 0 aliphatic rings. The lowest BCUT2D eigenvalue weighted by atomic mass is 10.2. The van der Waals surface area contributed by atoms with Crippen molar-refractivity contribution >= 4 is 35.1 Å². The van der Waals surface area contributed by atoms with Crippen molar-refractivity contribution in [2.45, 2.75) is 13.0 Å². The third kappa shape index (κ3) is 6.13. The summed E-state index contributed by atoms with van der Waals surface area (Å²) in [5, 5.41) is 14.2. The molecule has 0 aliphatic carbocycles. The van der Waals surface area contributed by atoms with Crippen LogP contribution < -0.4 is 10.6 Å². The maximum Gasteiger partial charge on any atom is 0.328 e. The Kier molecular flexibility index (Phi) is 6.92. The standard InChI is InChI=1S/C19H16ClN3O4/c1-12(22-18(25)14-4-6-15(20)7-5-14)19(26)27-11-17(24)23-16-8-2-13(10-21)3-9-16/h2-9,12H,11H2,1H3,(H,22,25)(H,23,24)/t12-/m0/s1. The number of nitrogens with one attached hydrogen (secondary N) is 2. The maximum atomic E-state index is 12.0. The molecule has 1 atom stereocenters. The molecule has 0 radical (unpaired) electrons. The molecule has 7 nitrogen and oxygen atoms in total. The van der Waals surface area contributed by atoms with E-state index < -0.39 is 30.4 Å². The highest BCUT2D eigenvalue weighted by atomic mass is 35.5. The summed E-state index contributed by atoms with van der Waals surface area (Å²) in [6, 6.07) is 13.4. The lowest BCUT2D eigenvalue weighted by Gasteiger charge is -2.13. The minimum atomic E-state index is -0.934. The van der Waals surface area contributed by atoms with E-state index in [0.717, 1.165) is 0 Å². The summed E-state index contributed by atoms with van der Waals surface area (Å²) >= 11 is 5.76. The van der Waals surface area contributed by atoms with E-state index in [1.807, 2.05) is 6.07 Å². The molecule has 0 fully saturated rings. The third-order valence-corrected chi connectivity index (χ3v) is 3.70. The van der Waals surface area contributed by atoms with Gasteiger partial charge in [0.15, 0.2) is 6.61 Å². The Morgan fingerprint density at radius 2 is 1.74 bits per heavy atom. The summed E-state index contributed by atoms with van der Waals surface area (Å²) < 4.78 is 4.90. The summed E-state index contributed by atoms with van der Waals surface area (Å²) in [7, 11) is 0. The monoisotopic (exact) mass is 385 g/mol. The molecular formula is C19H16ClN3O4. The number of carbonyl (C=O) groups excluding carboxylic acids is 3. The number of rotatable bonds is 6. The van der Waals surface area contributed by atoms with Crippen molar-refractivity contribution in [2.75, 3.05) is 11.9 Å². The molecular weight excluding hydrogens is 370 g/mol. The predicted molar refractivity (Wildman–Crippen MR) is 99.1 cm³/mol. The van der Waals surface area contributed by atoms with Crippen LogP contribution in [0.1, 0.15) is 22.8 Å². The molecule has 8 heteroatoms. The van der Waals surface area contributed by atoms with Gasteiger partial charge in [-0.25, -0.2) is 4.79 Å². The zero-order valence-corrected chi connectivity index (χ0v) is 15.1. The fourth-order valence-corrected chi connectivity index (χ4v) is 2.15. The van der Waals surface area contributed by atoms with Crippen molar-refractivity contribution in [3.05, 3.63) is 64.7 Å². The van der Waals surface area contributed by atoms with Crippen LogP contribution in [0.5, 0.6) is 0 Å². The highest BCUT2D eigenvalue weighted by molar-refractivity contribution is 6.30. The van der Waals surface area contributed by atoms with E-state index in [9.17, 15) is 14.4 Å². The largest absolute Gasteiger partial charge is 0.454 e. The Bertz CT molecular complexity index is 873. The minimum absolute atomic E-state index is 0.345. The van der Waals surface area contributed by atoms with Crippen molar-refractivity contribution in [1.82, 2.24) is 5.32 Å². The molecule has 27 heavy (non-hydrogen) atoms. The van der Waals surface area contributed by atoms with Crippen molar-refractivity contribution in [3.8, 4) is 6.07 Å². The Balaban J connectivity index is 1.79. The molecule has 0 aromatic heterocycles. The number of amides is 2. The van der Waals surface area contributed by atoms with Gasteiger partial charge in [-0.3, -0.25) is 9.59 Å². The first-order valence-electron chi connectivity index (χ1n) is 7.92. The number of esters is 1. The maximum absolute atomic E-state index is 12.0. The molecule has 0 heterocycles. The van der Waals surface area contributed by atoms with Crippen molar-refractivity contribution in [1.29, 1.82) is 5.26 Å². The van der Waals surface area contributed by atoms with Gasteiger partial charge in [0.05, 0.1) is 11.6 Å². The molecule has 0 aliphatic heterocycles. The van der Waals surface area contributed by atoms with E-state index in [0.29, 0.717) is 21.8 Å². The highest BCUT2D eigenvalue weighted by Gasteiger charge is 2.19. The average molecular weight is 386 g/mol. The van der Waals surface area contributed by atoms with E-state index in [4.69, 9.17) is 21.6 Å². The van der Waals surface area contributed by atoms with Gasteiger partial charge in [-0.2, -0.15) is 5.26 Å². The first-order valence-corrected chi connectivity index (χ1v) is 8.30. The van der Waals surface area contributed by atoms with Gasteiger partial charge in [0.2, 0.25) is 0 Å². The smallest absolute Gasteiger partial charge is 0.328 e. The minimum Gasteiger partial charge on any atom is -0.454 e. The topological polar surface area (TPSA) is 108 Å². The summed E-state index contributed by atoms with van der Waals surface area (Å²) in [5.74, 6) is -1.74. The van der Waals surface area contributed by atoms with E-state index in [1.165, 1.54) is 19.1 Å². The SMILES string of the molecule is C[C@H](NC(=O)c1ccc(Cl)cc1)C(=O)OCC(=O)Nc1ccc(C#N)cc1. The molecule has 0 spiro atoms. The van der Waals surface area contributed by atoms with Crippen LogP contribution in [0.4, 0.5) is 5.69 Å². The third-order valence-electron chi connectivity index (χ3n) is 3.45. The number of nitriles is 1. The Labute approximate surface area is 160 Å². The normalized spacial score (nSPS) is 11.0. The van der Waals surface area contributed by atoms with Gasteiger partial charge >= 0.3 is 5.97 Å². The molecule has 0 unspecified atom stereocenters. The van der Waals surface area contributed by atoms with Gasteiger partial charge in [0.25, 0.3) is 11.8 Å². The average Bonchev–Trinajstić information content (AvgIpc) is 2.67. The van der Waals surface area contributed by atoms with E-state index in [-0.39, 0.29) is 0 Å². The second-order valence-electron chi connectivity index (χ2n) is 5.55. The van der Waals surface area contributed by atoms with Crippen LogP contribution in [0.15, 0.2) is 48.5 Å². The summed E-state index contributed by atoms with van der Waals surface area (Å²) in [4.78, 5) is 35.8. The van der Waals surface area contributed by atoms with Gasteiger partial charge in [0.1, 0.15) is 6.04 Å². The molecule has 2 aromatic carbocycles. The first-order chi connectivity index (χ1) is 12.9. The number of anilines is 1. The fraction of sp³-hybridized carbons (Fsp3) is 0.158. The lowest BCUT2D eigenvalue weighted by molar-refractivity contribution is -0.148. The molecule has 2 rings (SSSR count). The van der Waals surface area contributed by atoms with Gasteiger partial charge in [0, 0.05) is 16.3 Å². The molecule has 2 N–H and O–H groups in total. The van der Waals surface area contributed by atoms with Crippen LogP contribution in [0.2, 0.25) is 5.02 Å². The van der Waals surface area contributed by atoms with Crippen LogP contribution in [0.25, 0.3) is 0 Å². The van der Waals surface area contributed by atoms with Crippen LogP contribution in [-0.4, -0.2) is 30.4 Å². The molecule has 0 bridgehead atoms. The Hall–Kier alpha value is -3.37. The zero-order valence-electron chi connectivity index (χ0n) is 14.4. The number of halogens is 1. The molecule has 0 saturated heterocycles. The number of ether oxygens (including phenoxy) is 1. The van der Waals surface area contributed by atoms with E-state index in [1.54, 1.807) is 36.4 Å². The summed E-state index contributed by atoms with van der Waals surface area (Å²) in [6.07, 6.45) is 0. The number of hydrogen-bond donors (Lipinski definition) is 2. The van der Waals surface area contributed by atoms with Gasteiger partial charge in [-0.05, 0) is 55.5 Å². The van der Waals surface area contributed by atoms with Crippen LogP contribution in [0, 0.1) is 11.3 Å². The van der Waals surface area contributed by atoms with E-state index >= 15 is 0 Å². The fourth-order valence-electron chi connectivity index (χ4n) is 2.03. The molecule has 0 saturated carbocycles. The Morgan fingerprint density at radius 1 is 1.11 bits per heavy atom. The molecule has 138 valence electrons. The van der Waals surface area contributed by atoms with Gasteiger partial charge < -0.3 is 15.4 Å². The van der Waals surface area contributed by atoms with E-state index in [2.05, 4.69) is 10.6 Å². The first kappa shape index (κ1) is 19.9. The highest BCUT2D eigenvalue weighted by Crippen LogP contribution is 2.10. The predicted octanol–water partition coefficient (Wildman–Crippen LogP) is 2.51. The second kappa shape index (κ2) is 9.36. The van der Waals surface area contributed by atoms with Crippen molar-refractivity contribution in [3.63, 3.8) is 0 Å². The number of benzene rings is 2. The summed E-state index contributed by atoms with van der Waals surface area (Å²) in [6.45, 7) is 0.953. The molecule has 2 aromatic rings. The Morgan fingerprint density at radius 3 is 2.33 bits per heavy atom. The molecule has 2 amide bonds. The van der Waals surface area contributed by atoms with Gasteiger partial charge in [-0.1, -0.05) is 11.6 Å². The van der Waals surface area contributed by atoms with Crippen LogP contribution in [0.3, 0.4) is 0 Å². The lowest BCUT2D eigenvalue weighted by Crippen LogP contribution is -2.40. The second-order valence-corrected chi connectivity index (χ2v) is 5.98. The van der Waals surface area contributed by atoms with Crippen molar-refractivity contribution < 1.29 is 19.1 Å². The van der Waals surface area contributed by atoms with Crippen molar-refractivity contribution in [2.24, 2.45) is 0 Å². The number of nitrogens with zero attached hydrogens (tertiary/aromatic N) is 1. The number of hydrogen-bond acceptors (Lipinski definition) is 5. The van der Waals surface area contributed by atoms with Gasteiger partial charge in [-0.15, -0.1) is 0 Å². The zero-order chi connectivity index (χ0) is 19.8. The van der Waals surface area contributed by atoms with Crippen LogP contribution >= 0.6 is 11.6 Å². The van der Waals surface area contributed by atoms with Crippen LogP contribution in [-0.2, 0) is 14.3 Å². The summed E-state index contributed by atoms with van der Waals surface area (Å²) in [5.41, 5.74) is 1.28. The number of carbonyl (C=O) groups is 3. The quantitative estimate of drug-likeness (QED) is 0.743.